The van der Waals surface area contributed by atoms with Gasteiger partial charge in [-0.25, -0.2) is 4.39 Å². The summed E-state index contributed by atoms with van der Waals surface area (Å²) in [6.45, 7) is 4.01. The Morgan fingerprint density at radius 1 is 1.44 bits per heavy atom. The number of alkyl halides is 1. The molecule has 1 aromatic carbocycles. The van der Waals surface area contributed by atoms with Crippen molar-refractivity contribution in [3.63, 3.8) is 0 Å². The van der Waals surface area contributed by atoms with Gasteiger partial charge in [-0.15, -0.1) is 0 Å². The van der Waals surface area contributed by atoms with Crippen LogP contribution in [0.2, 0.25) is 0 Å². The number of rotatable bonds is 3. The topological polar surface area (TPSA) is 43.8 Å². The summed E-state index contributed by atoms with van der Waals surface area (Å²) in [4.78, 5) is 0. The summed E-state index contributed by atoms with van der Waals surface area (Å²) < 4.78 is 16.2. The molecule has 0 spiro atoms. The molecule has 1 aromatic heterocycles. The van der Waals surface area contributed by atoms with Crippen LogP contribution < -0.4 is 5.73 Å². The molecule has 2 rings (SSSR count). The second-order valence-corrected chi connectivity index (χ2v) is 5.18. The number of anilines is 1. The van der Waals surface area contributed by atoms with Crippen LogP contribution in [0.3, 0.4) is 0 Å². The average Bonchev–Trinajstić information content (AvgIpc) is 2.79. The van der Waals surface area contributed by atoms with Crippen molar-refractivity contribution in [3.05, 3.63) is 35.9 Å². The first kappa shape index (κ1) is 13.3. The SMILES string of the molecule is CC(C)c1cc(F)cc(-c2cnn(CI)c2)c1N. The monoisotopic (exact) mass is 359 g/mol. The fraction of sp³-hybridized carbons (Fsp3) is 0.308. The number of hydrogen-bond acceptors (Lipinski definition) is 2. The van der Waals surface area contributed by atoms with E-state index in [4.69, 9.17) is 5.73 Å². The molecule has 0 fully saturated rings. The lowest BCUT2D eigenvalue weighted by molar-refractivity contribution is 0.624. The zero-order valence-electron chi connectivity index (χ0n) is 10.3. The van der Waals surface area contributed by atoms with Gasteiger partial charge in [-0.1, -0.05) is 36.4 Å². The van der Waals surface area contributed by atoms with Gasteiger partial charge >= 0.3 is 0 Å². The zero-order valence-corrected chi connectivity index (χ0v) is 12.5. The quantitative estimate of drug-likeness (QED) is 0.515. The summed E-state index contributed by atoms with van der Waals surface area (Å²) >= 11 is 2.21. The van der Waals surface area contributed by atoms with Crippen LogP contribution >= 0.6 is 22.6 Å². The number of hydrogen-bond donors (Lipinski definition) is 1. The van der Waals surface area contributed by atoms with E-state index in [1.807, 2.05) is 20.0 Å². The molecule has 18 heavy (non-hydrogen) atoms. The molecule has 0 saturated heterocycles. The highest BCUT2D eigenvalue weighted by atomic mass is 127. The number of nitrogens with zero attached hydrogens (tertiary/aromatic N) is 2. The summed E-state index contributed by atoms with van der Waals surface area (Å²) in [5.41, 5.74) is 9.18. The molecule has 5 heteroatoms. The summed E-state index contributed by atoms with van der Waals surface area (Å²) in [6.07, 6.45) is 3.59. The Labute approximate surface area is 119 Å². The standard InChI is InChI=1S/C13H15FIN3/c1-8(2)11-3-10(14)4-12(13(11)16)9-5-17-18(6-9)7-15/h3-6,8H,7,16H2,1-2H3. The summed E-state index contributed by atoms with van der Waals surface area (Å²) in [5, 5.41) is 4.19. The lowest BCUT2D eigenvalue weighted by Crippen LogP contribution is -2.00. The van der Waals surface area contributed by atoms with Gasteiger partial charge in [-0.2, -0.15) is 5.10 Å². The van der Waals surface area contributed by atoms with Crippen molar-refractivity contribution < 1.29 is 4.39 Å². The third kappa shape index (κ3) is 2.50. The third-order valence-electron chi connectivity index (χ3n) is 2.87. The molecule has 2 N–H and O–H groups in total. The lowest BCUT2D eigenvalue weighted by Gasteiger charge is -2.13. The third-order valence-corrected chi connectivity index (χ3v) is 3.56. The Morgan fingerprint density at radius 3 is 2.72 bits per heavy atom. The van der Waals surface area contributed by atoms with Crippen LogP contribution in [0.15, 0.2) is 24.5 Å². The highest BCUT2D eigenvalue weighted by Gasteiger charge is 2.13. The molecule has 0 aliphatic heterocycles. The number of aromatic nitrogens is 2. The normalized spacial score (nSPS) is 11.2. The predicted molar refractivity (Wildman–Crippen MR) is 80.1 cm³/mol. The van der Waals surface area contributed by atoms with Gasteiger partial charge in [0.15, 0.2) is 0 Å². The molecule has 3 nitrogen and oxygen atoms in total. The number of nitrogen functional groups attached to an aromatic ring is 1. The molecule has 1 heterocycles. The van der Waals surface area contributed by atoms with Gasteiger partial charge in [0.1, 0.15) is 5.82 Å². The van der Waals surface area contributed by atoms with Crippen molar-refractivity contribution in [3.8, 4) is 11.1 Å². The first-order chi connectivity index (χ1) is 8.52. The number of nitrogens with two attached hydrogens (primary N) is 1. The molecule has 0 aliphatic carbocycles. The summed E-state index contributed by atoms with van der Waals surface area (Å²) in [6, 6.07) is 2.97. The first-order valence-corrected chi connectivity index (χ1v) is 7.23. The van der Waals surface area contributed by atoms with E-state index in [2.05, 4.69) is 27.7 Å². The molecule has 0 radical (unpaired) electrons. The highest BCUT2D eigenvalue weighted by Crippen LogP contribution is 2.33. The number of benzene rings is 1. The van der Waals surface area contributed by atoms with Crippen LogP contribution in [0, 0.1) is 5.82 Å². The maximum Gasteiger partial charge on any atom is 0.124 e. The van der Waals surface area contributed by atoms with Crippen LogP contribution in [0.4, 0.5) is 10.1 Å². The molecule has 96 valence electrons. The van der Waals surface area contributed by atoms with Gasteiger partial charge in [-0.3, -0.25) is 4.68 Å². The van der Waals surface area contributed by atoms with E-state index in [1.165, 1.54) is 12.1 Å². The van der Waals surface area contributed by atoms with E-state index >= 15 is 0 Å². The van der Waals surface area contributed by atoms with Crippen molar-refractivity contribution in [2.24, 2.45) is 0 Å². The fourth-order valence-corrected chi connectivity index (χ4v) is 2.30. The molecule has 0 saturated carbocycles. The second-order valence-electron chi connectivity index (χ2n) is 4.50. The minimum Gasteiger partial charge on any atom is -0.398 e. The zero-order chi connectivity index (χ0) is 13.3. The molecule has 0 atom stereocenters. The van der Waals surface area contributed by atoms with Crippen molar-refractivity contribution in [2.45, 2.75) is 24.3 Å². The van der Waals surface area contributed by atoms with Crippen molar-refractivity contribution >= 4 is 28.3 Å². The van der Waals surface area contributed by atoms with E-state index < -0.39 is 0 Å². The fourth-order valence-electron chi connectivity index (χ4n) is 1.92. The largest absolute Gasteiger partial charge is 0.398 e. The average molecular weight is 359 g/mol. The Hall–Kier alpha value is -1.11. The van der Waals surface area contributed by atoms with Gasteiger partial charge in [0.25, 0.3) is 0 Å². The minimum absolute atomic E-state index is 0.194. The predicted octanol–water partition coefficient (Wildman–Crippen LogP) is 3.79. The summed E-state index contributed by atoms with van der Waals surface area (Å²) in [5.74, 6) is -0.0656. The Morgan fingerprint density at radius 2 is 2.17 bits per heavy atom. The van der Waals surface area contributed by atoms with Crippen molar-refractivity contribution in [1.29, 1.82) is 0 Å². The molecule has 0 bridgehead atoms. The first-order valence-electron chi connectivity index (χ1n) is 5.70. The van der Waals surface area contributed by atoms with Crippen molar-refractivity contribution in [2.75, 3.05) is 5.73 Å². The van der Waals surface area contributed by atoms with Gasteiger partial charge in [0, 0.05) is 23.0 Å². The molecule has 0 amide bonds. The molecule has 0 unspecified atom stereocenters. The van der Waals surface area contributed by atoms with E-state index in [-0.39, 0.29) is 11.7 Å². The van der Waals surface area contributed by atoms with E-state index in [9.17, 15) is 4.39 Å². The van der Waals surface area contributed by atoms with E-state index in [0.717, 1.165) is 21.2 Å². The summed E-state index contributed by atoms with van der Waals surface area (Å²) in [7, 11) is 0. The Balaban J connectivity index is 2.56. The Kier molecular flexibility index (Phi) is 3.89. The van der Waals surface area contributed by atoms with Gasteiger partial charge in [-0.05, 0) is 23.6 Å². The minimum atomic E-state index is -0.259. The molecular formula is C13H15FIN3. The van der Waals surface area contributed by atoms with Gasteiger partial charge < -0.3 is 5.73 Å². The maximum atomic E-state index is 13.7. The van der Waals surface area contributed by atoms with Crippen LogP contribution in [0.1, 0.15) is 25.3 Å². The van der Waals surface area contributed by atoms with E-state index in [1.54, 1.807) is 10.9 Å². The maximum absolute atomic E-state index is 13.7. The molecular weight excluding hydrogens is 344 g/mol. The van der Waals surface area contributed by atoms with Gasteiger partial charge in [0.2, 0.25) is 0 Å². The van der Waals surface area contributed by atoms with E-state index in [0.29, 0.717) is 5.69 Å². The molecule has 2 aromatic rings. The number of halogens is 2. The van der Waals surface area contributed by atoms with Crippen LogP contribution in [-0.2, 0) is 4.55 Å². The Bertz CT molecular complexity index is 563. The second kappa shape index (κ2) is 5.26. The van der Waals surface area contributed by atoms with Gasteiger partial charge in [0.05, 0.1) is 10.7 Å². The smallest absolute Gasteiger partial charge is 0.124 e. The van der Waals surface area contributed by atoms with Crippen LogP contribution in [0.5, 0.6) is 0 Å². The van der Waals surface area contributed by atoms with Crippen LogP contribution in [-0.4, -0.2) is 9.78 Å². The lowest BCUT2D eigenvalue weighted by atomic mass is 9.95. The highest BCUT2D eigenvalue weighted by molar-refractivity contribution is 14.1. The molecule has 0 aliphatic rings. The van der Waals surface area contributed by atoms with Crippen LogP contribution in [0.25, 0.3) is 11.1 Å². The van der Waals surface area contributed by atoms with Crippen molar-refractivity contribution in [1.82, 2.24) is 9.78 Å².